The maximum absolute atomic E-state index is 11.6. The average molecular weight is 201 g/mol. The molecule has 1 aliphatic heterocycles. The second kappa shape index (κ2) is 3.91. The maximum Gasteiger partial charge on any atom is 0.225 e. The quantitative estimate of drug-likeness (QED) is 0.703. The molecule has 1 fully saturated rings. The minimum Gasteiger partial charge on any atom is -0.352 e. The minimum atomic E-state index is -0.253. The summed E-state index contributed by atoms with van der Waals surface area (Å²) in [6.45, 7) is 8.07. The monoisotopic (exact) mass is 201 g/mol. The van der Waals surface area contributed by atoms with E-state index < -0.39 is 0 Å². The van der Waals surface area contributed by atoms with Gasteiger partial charge in [-0.1, -0.05) is 27.7 Å². The van der Waals surface area contributed by atoms with Crippen LogP contribution in [0.2, 0.25) is 0 Å². The number of hydrogen-bond donors (Lipinski definition) is 1. The van der Waals surface area contributed by atoms with Crippen LogP contribution in [0, 0.1) is 5.41 Å². The normalized spacial score (nSPS) is 28.9. The summed E-state index contributed by atoms with van der Waals surface area (Å²) in [5, 5.41) is 3.79. The first kappa shape index (κ1) is 10.9. The van der Waals surface area contributed by atoms with Crippen molar-refractivity contribution in [3.63, 3.8) is 0 Å². The summed E-state index contributed by atoms with van der Waals surface area (Å²) >= 11 is 1.94. The van der Waals surface area contributed by atoms with Gasteiger partial charge >= 0.3 is 0 Å². The van der Waals surface area contributed by atoms with Gasteiger partial charge in [0.25, 0.3) is 0 Å². The van der Waals surface area contributed by atoms with Gasteiger partial charge in [-0.2, -0.15) is 11.8 Å². The highest BCUT2D eigenvalue weighted by molar-refractivity contribution is 8.00. The first-order valence-electron chi connectivity index (χ1n) is 4.82. The van der Waals surface area contributed by atoms with Crippen LogP contribution in [-0.2, 0) is 4.79 Å². The highest BCUT2D eigenvalue weighted by Gasteiger charge is 2.27. The van der Waals surface area contributed by atoms with Gasteiger partial charge in [0.15, 0.2) is 0 Å². The summed E-state index contributed by atoms with van der Waals surface area (Å²) in [4.78, 5) is 11.6. The number of carbonyl (C=O) groups is 1. The van der Waals surface area contributed by atoms with Crippen LogP contribution in [0.4, 0.5) is 0 Å². The molecule has 2 unspecified atom stereocenters. The van der Waals surface area contributed by atoms with Crippen molar-refractivity contribution in [2.75, 3.05) is 5.75 Å². The molecule has 76 valence electrons. The van der Waals surface area contributed by atoms with Gasteiger partial charge in [-0.15, -0.1) is 0 Å². The zero-order chi connectivity index (χ0) is 10.1. The minimum absolute atomic E-state index is 0.173. The Bertz CT molecular complexity index is 198. The molecule has 0 saturated carbocycles. The standard InChI is InChI=1S/C10H19NOS/c1-7-5-8(6-13-7)11-9(12)10(2,3)4/h7-8H,5-6H2,1-4H3,(H,11,12). The zero-order valence-corrected chi connectivity index (χ0v) is 9.70. The summed E-state index contributed by atoms with van der Waals surface area (Å²) in [5.74, 6) is 1.25. The molecule has 1 rings (SSSR count). The third-order valence-corrected chi connectivity index (χ3v) is 3.57. The second-order valence-corrected chi connectivity index (χ2v) is 6.27. The lowest BCUT2D eigenvalue weighted by atomic mass is 9.95. The zero-order valence-electron chi connectivity index (χ0n) is 8.89. The largest absolute Gasteiger partial charge is 0.352 e. The van der Waals surface area contributed by atoms with E-state index in [1.54, 1.807) is 0 Å². The van der Waals surface area contributed by atoms with Gasteiger partial charge in [-0.05, 0) is 6.42 Å². The van der Waals surface area contributed by atoms with Crippen molar-refractivity contribution >= 4 is 17.7 Å². The first-order chi connectivity index (χ1) is 5.89. The van der Waals surface area contributed by atoms with Crippen LogP contribution in [0.3, 0.4) is 0 Å². The third-order valence-electron chi connectivity index (χ3n) is 2.21. The van der Waals surface area contributed by atoms with Gasteiger partial charge in [0.05, 0.1) is 0 Å². The molecule has 1 saturated heterocycles. The van der Waals surface area contributed by atoms with E-state index in [1.807, 2.05) is 32.5 Å². The van der Waals surface area contributed by atoms with E-state index in [4.69, 9.17) is 0 Å². The van der Waals surface area contributed by atoms with Crippen LogP contribution in [0.5, 0.6) is 0 Å². The van der Waals surface area contributed by atoms with Crippen LogP contribution in [0.15, 0.2) is 0 Å². The lowest BCUT2D eigenvalue weighted by Gasteiger charge is -2.21. The number of rotatable bonds is 1. The molecule has 1 aliphatic rings. The highest BCUT2D eigenvalue weighted by Crippen LogP contribution is 2.26. The molecule has 0 aromatic carbocycles. The Morgan fingerprint density at radius 1 is 1.46 bits per heavy atom. The van der Waals surface area contributed by atoms with Crippen LogP contribution in [0.1, 0.15) is 34.1 Å². The van der Waals surface area contributed by atoms with E-state index in [1.165, 1.54) is 0 Å². The Kier molecular flexibility index (Phi) is 3.28. The molecule has 1 N–H and O–H groups in total. The van der Waals surface area contributed by atoms with Crippen LogP contribution < -0.4 is 5.32 Å². The Balaban J connectivity index is 2.37. The van der Waals surface area contributed by atoms with E-state index >= 15 is 0 Å². The van der Waals surface area contributed by atoms with Gasteiger partial charge < -0.3 is 5.32 Å². The number of thioether (sulfide) groups is 1. The van der Waals surface area contributed by atoms with Gasteiger partial charge in [-0.25, -0.2) is 0 Å². The highest BCUT2D eigenvalue weighted by atomic mass is 32.2. The molecule has 0 aromatic heterocycles. The smallest absolute Gasteiger partial charge is 0.225 e. The summed E-state index contributed by atoms with van der Waals surface area (Å²) in [5.41, 5.74) is -0.253. The molecule has 0 aromatic rings. The van der Waals surface area contributed by atoms with Crippen molar-refractivity contribution < 1.29 is 4.79 Å². The lowest BCUT2D eigenvalue weighted by Crippen LogP contribution is -2.41. The Labute approximate surface area is 84.9 Å². The SMILES string of the molecule is CC1CC(NC(=O)C(C)(C)C)CS1. The van der Waals surface area contributed by atoms with Crippen molar-refractivity contribution in [1.82, 2.24) is 5.32 Å². The summed E-state index contributed by atoms with van der Waals surface area (Å²) in [6, 6.07) is 0.395. The van der Waals surface area contributed by atoms with Gasteiger partial charge in [0.2, 0.25) is 5.91 Å². The second-order valence-electron chi connectivity index (χ2n) is 4.80. The van der Waals surface area contributed by atoms with Crippen molar-refractivity contribution in [2.24, 2.45) is 5.41 Å². The number of amides is 1. The Morgan fingerprint density at radius 3 is 2.46 bits per heavy atom. The number of hydrogen-bond acceptors (Lipinski definition) is 2. The topological polar surface area (TPSA) is 29.1 Å². The van der Waals surface area contributed by atoms with Gasteiger partial charge in [0, 0.05) is 22.5 Å². The summed E-state index contributed by atoms with van der Waals surface area (Å²) in [7, 11) is 0. The molecule has 1 amide bonds. The van der Waals surface area contributed by atoms with E-state index in [-0.39, 0.29) is 11.3 Å². The van der Waals surface area contributed by atoms with Crippen molar-refractivity contribution in [1.29, 1.82) is 0 Å². The lowest BCUT2D eigenvalue weighted by molar-refractivity contribution is -0.129. The van der Waals surface area contributed by atoms with E-state index in [9.17, 15) is 4.79 Å². The molecule has 2 atom stereocenters. The Morgan fingerprint density at radius 2 is 2.08 bits per heavy atom. The molecular formula is C10H19NOS. The van der Waals surface area contributed by atoms with Gasteiger partial charge in [-0.3, -0.25) is 4.79 Å². The Hall–Kier alpha value is -0.180. The fraction of sp³-hybridized carbons (Fsp3) is 0.900. The third kappa shape index (κ3) is 3.22. The number of nitrogens with one attached hydrogen (secondary N) is 1. The van der Waals surface area contributed by atoms with Gasteiger partial charge in [0.1, 0.15) is 0 Å². The summed E-state index contributed by atoms with van der Waals surface area (Å²) < 4.78 is 0. The van der Waals surface area contributed by atoms with Crippen molar-refractivity contribution in [2.45, 2.75) is 45.4 Å². The molecule has 3 heteroatoms. The molecule has 1 heterocycles. The molecule has 0 bridgehead atoms. The van der Waals surface area contributed by atoms with E-state index in [2.05, 4.69) is 12.2 Å². The first-order valence-corrected chi connectivity index (χ1v) is 5.87. The van der Waals surface area contributed by atoms with Crippen LogP contribution in [0.25, 0.3) is 0 Å². The molecule has 2 nitrogen and oxygen atoms in total. The molecule has 0 aliphatic carbocycles. The summed E-state index contributed by atoms with van der Waals surface area (Å²) in [6.07, 6.45) is 1.12. The fourth-order valence-corrected chi connectivity index (χ4v) is 2.47. The van der Waals surface area contributed by atoms with Crippen LogP contribution >= 0.6 is 11.8 Å². The number of carbonyl (C=O) groups excluding carboxylic acids is 1. The fourth-order valence-electron chi connectivity index (χ4n) is 1.32. The molecular weight excluding hydrogens is 182 g/mol. The predicted octanol–water partition coefficient (Wildman–Crippen LogP) is 2.04. The predicted molar refractivity (Wildman–Crippen MR) is 57.9 cm³/mol. The van der Waals surface area contributed by atoms with Crippen molar-refractivity contribution in [3.05, 3.63) is 0 Å². The maximum atomic E-state index is 11.6. The van der Waals surface area contributed by atoms with Crippen molar-refractivity contribution in [3.8, 4) is 0 Å². The average Bonchev–Trinajstić information content (AvgIpc) is 2.33. The van der Waals surface area contributed by atoms with E-state index in [0.29, 0.717) is 11.3 Å². The molecule has 13 heavy (non-hydrogen) atoms. The van der Waals surface area contributed by atoms with E-state index in [0.717, 1.165) is 12.2 Å². The molecule has 0 spiro atoms. The van der Waals surface area contributed by atoms with Crippen LogP contribution in [-0.4, -0.2) is 23.0 Å². The molecule has 0 radical (unpaired) electrons.